The number of aromatic nitrogens is 3. The van der Waals surface area contributed by atoms with E-state index in [0.29, 0.717) is 0 Å². The molecule has 0 bridgehead atoms. The Morgan fingerprint density at radius 1 is 1.41 bits per heavy atom. The number of nitrogens with one attached hydrogen (secondary N) is 1. The monoisotopic (exact) mass is 268 g/mol. The lowest BCUT2D eigenvalue weighted by Gasteiger charge is -2.08. The fourth-order valence-electron chi connectivity index (χ4n) is 1.46. The van der Waals surface area contributed by atoms with Crippen molar-refractivity contribution in [3.8, 4) is 0 Å². The van der Waals surface area contributed by atoms with Gasteiger partial charge in [0, 0.05) is 29.0 Å². The van der Waals surface area contributed by atoms with Crippen molar-refractivity contribution in [1.82, 2.24) is 14.3 Å². The van der Waals surface area contributed by atoms with Crippen LogP contribution in [0, 0.1) is 6.92 Å². The Balaban J connectivity index is 1.99. The Morgan fingerprint density at radius 2 is 2.24 bits per heavy atom. The van der Waals surface area contributed by atoms with Crippen LogP contribution in [-0.4, -0.2) is 14.3 Å². The molecule has 2 aromatic rings. The molecular weight excluding hydrogens is 252 g/mol. The zero-order valence-corrected chi connectivity index (χ0v) is 11.9. The first kappa shape index (κ1) is 12.4. The second kappa shape index (κ2) is 5.55. The minimum atomic E-state index is 0.191. The summed E-state index contributed by atoms with van der Waals surface area (Å²) >= 11 is 3.10. The highest BCUT2D eigenvalue weighted by atomic mass is 32.1. The predicted octanol–water partition coefficient (Wildman–Crippen LogP) is 3.43. The Kier molecular flexibility index (Phi) is 4.06. The SMILES string of the molecule is CCCc1nsc(NC(C)c2nc(C)cs2)n1. The Hall–Kier alpha value is -1.01. The van der Waals surface area contributed by atoms with Crippen LogP contribution >= 0.6 is 22.9 Å². The first-order chi connectivity index (χ1) is 8.19. The lowest BCUT2D eigenvalue weighted by molar-refractivity contribution is 0.841. The molecule has 2 heterocycles. The first-order valence-electron chi connectivity index (χ1n) is 5.70. The van der Waals surface area contributed by atoms with Gasteiger partial charge in [-0.15, -0.1) is 11.3 Å². The Bertz CT molecular complexity index is 477. The van der Waals surface area contributed by atoms with Crippen LogP contribution in [0.1, 0.15) is 42.8 Å². The molecule has 0 aliphatic rings. The zero-order chi connectivity index (χ0) is 12.3. The molecule has 0 saturated heterocycles. The van der Waals surface area contributed by atoms with E-state index in [-0.39, 0.29) is 6.04 Å². The topological polar surface area (TPSA) is 50.7 Å². The smallest absolute Gasteiger partial charge is 0.203 e. The summed E-state index contributed by atoms with van der Waals surface area (Å²) in [6.45, 7) is 6.24. The van der Waals surface area contributed by atoms with Crippen LogP contribution in [-0.2, 0) is 6.42 Å². The van der Waals surface area contributed by atoms with Crippen LogP contribution in [0.2, 0.25) is 0 Å². The van der Waals surface area contributed by atoms with E-state index < -0.39 is 0 Å². The van der Waals surface area contributed by atoms with Gasteiger partial charge in [0.05, 0.1) is 6.04 Å². The largest absolute Gasteiger partial charge is 0.351 e. The zero-order valence-electron chi connectivity index (χ0n) is 10.2. The summed E-state index contributed by atoms with van der Waals surface area (Å²) in [5, 5.41) is 7.38. The van der Waals surface area contributed by atoms with Gasteiger partial charge in [-0.3, -0.25) is 0 Å². The fraction of sp³-hybridized carbons (Fsp3) is 0.545. The fourth-order valence-corrected chi connectivity index (χ4v) is 2.96. The highest BCUT2D eigenvalue weighted by molar-refractivity contribution is 7.10. The van der Waals surface area contributed by atoms with E-state index in [1.165, 1.54) is 11.5 Å². The van der Waals surface area contributed by atoms with Crippen LogP contribution in [0.25, 0.3) is 0 Å². The van der Waals surface area contributed by atoms with Gasteiger partial charge in [0.15, 0.2) is 0 Å². The van der Waals surface area contributed by atoms with Crippen LogP contribution in [0.15, 0.2) is 5.38 Å². The van der Waals surface area contributed by atoms with Gasteiger partial charge in [-0.2, -0.15) is 4.37 Å². The maximum atomic E-state index is 4.46. The normalized spacial score (nSPS) is 12.6. The van der Waals surface area contributed by atoms with Crippen LogP contribution in [0.3, 0.4) is 0 Å². The minimum absolute atomic E-state index is 0.191. The summed E-state index contributed by atoms with van der Waals surface area (Å²) in [7, 11) is 0. The highest BCUT2D eigenvalue weighted by Crippen LogP contribution is 2.23. The van der Waals surface area contributed by atoms with Crippen LogP contribution in [0.5, 0.6) is 0 Å². The predicted molar refractivity (Wildman–Crippen MR) is 72.8 cm³/mol. The molecule has 0 aliphatic carbocycles. The molecule has 1 N–H and O–H groups in total. The molecule has 2 rings (SSSR count). The van der Waals surface area contributed by atoms with Crippen molar-refractivity contribution in [2.75, 3.05) is 5.32 Å². The van der Waals surface area contributed by atoms with Crippen molar-refractivity contribution in [2.24, 2.45) is 0 Å². The van der Waals surface area contributed by atoms with E-state index in [9.17, 15) is 0 Å². The standard InChI is InChI=1S/C11H16N4S2/c1-4-5-9-14-11(17-15-9)13-8(3)10-12-7(2)6-16-10/h6,8H,4-5H2,1-3H3,(H,13,14,15). The molecule has 0 aliphatic heterocycles. The molecule has 0 radical (unpaired) electrons. The average molecular weight is 268 g/mol. The van der Waals surface area contributed by atoms with Crippen LogP contribution < -0.4 is 5.32 Å². The summed E-state index contributed by atoms with van der Waals surface area (Å²) in [5.74, 6) is 0.933. The number of nitrogens with zero attached hydrogens (tertiary/aromatic N) is 3. The number of rotatable bonds is 5. The third-order valence-corrected chi connectivity index (χ3v) is 4.12. The lowest BCUT2D eigenvalue weighted by atomic mass is 10.3. The summed E-state index contributed by atoms with van der Waals surface area (Å²) in [6, 6.07) is 0.191. The van der Waals surface area contributed by atoms with Crippen molar-refractivity contribution in [3.63, 3.8) is 0 Å². The molecular formula is C11H16N4S2. The second-order valence-corrected chi connectivity index (χ2v) is 5.60. The van der Waals surface area contributed by atoms with E-state index in [2.05, 4.69) is 38.9 Å². The van der Waals surface area contributed by atoms with E-state index in [1.807, 2.05) is 6.92 Å². The van der Waals surface area contributed by atoms with Gasteiger partial charge in [-0.1, -0.05) is 6.92 Å². The Labute approximate surface area is 109 Å². The van der Waals surface area contributed by atoms with E-state index >= 15 is 0 Å². The van der Waals surface area contributed by atoms with Gasteiger partial charge >= 0.3 is 0 Å². The minimum Gasteiger partial charge on any atom is -0.351 e. The molecule has 92 valence electrons. The molecule has 2 aromatic heterocycles. The molecule has 0 saturated carbocycles. The lowest BCUT2D eigenvalue weighted by Crippen LogP contribution is -2.06. The number of anilines is 1. The maximum absolute atomic E-state index is 4.46. The van der Waals surface area contributed by atoms with Crippen molar-refractivity contribution in [1.29, 1.82) is 0 Å². The van der Waals surface area contributed by atoms with Gasteiger partial charge in [0.1, 0.15) is 10.8 Å². The van der Waals surface area contributed by atoms with Crippen molar-refractivity contribution >= 4 is 28.0 Å². The summed E-state index contributed by atoms with van der Waals surface area (Å²) in [4.78, 5) is 8.91. The van der Waals surface area contributed by atoms with Gasteiger partial charge < -0.3 is 5.32 Å². The average Bonchev–Trinajstić information content (AvgIpc) is 2.88. The molecule has 0 spiro atoms. The summed E-state index contributed by atoms with van der Waals surface area (Å²) < 4.78 is 4.31. The third kappa shape index (κ3) is 3.23. The number of hydrogen-bond donors (Lipinski definition) is 1. The van der Waals surface area contributed by atoms with Gasteiger partial charge in [0.25, 0.3) is 0 Å². The Morgan fingerprint density at radius 3 is 2.88 bits per heavy atom. The van der Waals surface area contributed by atoms with Crippen molar-refractivity contribution < 1.29 is 0 Å². The quantitative estimate of drug-likeness (QED) is 0.902. The molecule has 1 atom stereocenters. The highest BCUT2D eigenvalue weighted by Gasteiger charge is 2.11. The van der Waals surface area contributed by atoms with E-state index in [1.54, 1.807) is 11.3 Å². The molecule has 4 nitrogen and oxygen atoms in total. The molecule has 1 unspecified atom stereocenters. The van der Waals surface area contributed by atoms with Gasteiger partial charge in [0.2, 0.25) is 5.13 Å². The van der Waals surface area contributed by atoms with Crippen LogP contribution in [0.4, 0.5) is 5.13 Å². The number of hydrogen-bond acceptors (Lipinski definition) is 6. The molecule has 17 heavy (non-hydrogen) atoms. The van der Waals surface area contributed by atoms with Crippen molar-refractivity contribution in [2.45, 2.75) is 39.7 Å². The van der Waals surface area contributed by atoms with Gasteiger partial charge in [-0.25, -0.2) is 9.97 Å². The van der Waals surface area contributed by atoms with Crippen molar-refractivity contribution in [3.05, 3.63) is 21.9 Å². The maximum Gasteiger partial charge on any atom is 0.203 e. The summed E-state index contributed by atoms with van der Waals surface area (Å²) in [6.07, 6.45) is 2.03. The molecule has 0 amide bonds. The molecule has 0 aromatic carbocycles. The number of aryl methyl sites for hydroxylation is 2. The van der Waals surface area contributed by atoms with Gasteiger partial charge in [-0.05, 0) is 20.3 Å². The molecule has 0 fully saturated rings. The third-order valence-electron chi connectivity index (χ3n) is 2.29. The van der Waals surface area contributed by atoms with E-state index in [4.69, 9.17) is 0 Å². The molecule has 6 heteroatoms. The summed E-state index contributed by atoms with van der Waals surface area (Å²) in [5.41, 5.74) is 1.07. The van der Waals surface area contributed by atoms with E-state index in [0.717, 1.165) is 34.5 Å². The first-order valence-corrected chi connectivity index (χ1v) is 7.35. The number of thiazole rings is 1. The second-order valence-electron chi connectivity index (χ2n) is 3.96.